The highest BCUT2D eigenvalue weighted by Crippen LogP contribution is 2.34. The molecule has 1 aliphatic heterocycles. The third-order valence-corrected chi connectivity index (χ3v) is 8.94. The molecule has 18 heteroatoms. The monoisotopic (exact) mass is 685 g/mol. The van der Waals surface area contributed by atoms with Gasteiger partial charge in [-0.25, -0.2) is 16.8 Å². The number of rotatable bonds is 6. The summed E-state index contributed by atoms with van der Waals surface area (Å²) in [6.07, 6.45) is 0.718. The molecular weight excluding hydrogens is 659 g/mol. The Labute approximate surface area is 261 Å². The molecule has 1 saturated heterocycles. The number of hydrogen-bond acceptors (Lipinski definition) is 8. The van der Waals surface area contributed by atoms with Gasteiger partial charge in [-0.15, -0.1) is 13.2 Å². The molecule has 6 rings (SSSR count). The molecule has 0 spiro atoms. The highest BCUT2D eigenvalue weighted by Gasteiger charge is 2.32. The van der Waals surface area contributed by atoms with Gasteiger partial charge in [0.15, 0.2) is 0 Å². The fourth-order valence-corrected chi connectivity index (χ4v) is 6.52. The molecule has 2 aromatic heterocycles. The number of benzene rings is 3. The van der Waals surface area contributed by atoms with E-state index < -0.39 is 26.4 Å². The Morgan fingerprint density at radius 2 is 1.47 bits per heavy atom. The molecule has 3 N–H and O–H groups in total. The van der Waals surface area contributed by atoms with Crippen molar-refractivity contribution >= 4 is 64.8 Å². The molecule has 1 aliphatic rings. The molecule has 0 atom stereocenters. The number of sulfonamides is 2. The molecule has 0 bridgehead atoms. The number of piperazine rings is 1. The predicted octanol–water partition coefficient (Wildman–Crippen LogP) is 4.80. The molecule has 240 valence electrons. The van der Waals surface area contributed by atoms with E-state index in [1.807, 2.05) is 29.2 Å². The average molecular weight is 686 g/mol. The summed E-state index contributed by atoms with van der Waals surface area (Å²) < 4.78 is 90.8. The zero-order valence-corrected chi connectivity index (χ0v) is 26.1. The summed E-state index contributed by atoms with van der Waals surface area (Å²) in [7, 11) is -6.55. The van der Waals surface area contributed by atoms with Gasteiger partial charge in [-0.3, -0.25) is 14.9 Å². The van der Waals surface area contributed by atoms with Crippen LogP contribution in [0.3, 0.4) is 0 Å². The third-order valence-electron chi connectivity index (χ3n) is 6.81. The van der Waals surface area contributed by atoms with E-state index in [1.165, 1.54) is 22.6 Å². The van der Waals surface area contributed by atoms with Crippen molar-refractivity contribution in [1.82, 2.24) is 24.7 Å². The summed E-state index contributed by atoms with van der Waals surface area (Å²) in [5.74, 6) is -0.347. The minimum atomic E-state index is -4.79. The lowest BCUT2D eigenvalue weighted by Gasteiger charge is -2.35. The fraction of sp³-hybridized carbons (Fsp3) is 0.259. The Hall–Kier alpha value is -4.06. The van der Waals surface area contributed by atoms with Gasteiger partial charge in [0.1, 0.15) is 5.75 Å². The minimum absolute atomic E-state index is 0.266. The molecule has 5 aromatic rings. The molecular formula is C27H27ClF3N7O5S2. The van der Waals surface area contributed by atoms with Crippen LogP contribution in [0.2, 0.25) is 5.02 Å². The standard InChI is InChI=1S/C14H12ClN3O2S.C13H15F3N4O3S/c1-21(19,20)18-11-4-2-9(3-5-11)12-6-10(15)7-14-13(12)8-16-17-14;1-24(21,22)20-4-2-19(3-5-20)12-7-9(23-13(14,15)16)6-11-10(12)8-17-18-11/h2-8,18H,1H3,(H,16,17);6-8H,2-5H2,1H3,(H,17,18). The van der Waals surface area contributed by atoms with Crippen LogP contribution >= 0.6 is 11.6 Å². The van der Waals surface area contributed by atoms with E-state index >= 15 is 0 Å². The first kappa shape index (κ1) is 32.3. The van der Waals surface area contributed by atoms with Crippen LogP contribution in [-0.4, -0.2) is 86.6 Å². The first-order chi connectivity index (χ1) is 21.1. The SMILES string of the molecule is CS(=O)(=O)N1CCN(c2cc(OC(F)(F)F)cc3[nH]ncc23)CC1.CS(=O)(=O)Nc1ccc(-c2cc(Cl)cc3[nH]ncc23)cc1. The topological polar surface area (TPSA) is 153 Å². The lowest BCUT2D eigenvalue weighted by atomic mass is 10.0. The van der Waals surface area contributed by atoms with E-state index in [2.05, 4.69) is 29.9 Å². The maximum Gasteiger partial charge on any atom is 0.573 e. The summed E-state index contributed by atoms with van der Waals surface area (Å²) in [4.78, 5) is 1.82. The molecule has 1 fully saturated rings. The largest absolute Gasteiger partial charge is 0.573 e. The van der Waals surface area contributed by atoms with Crippen molar-refractivity contribution in [3.05, 3.63) is 65.9 Å². The number of fused-ring (bicyclic) bond motifs is 2. The van der Waals surface area contributed by atoms with E-state index in [9.17, 15) is 30.0 Å². The molecule has 0 amide bonds. The highest BCUT2D eigenvalue weighted by molar-refractivity contribution is 7.92. The van der Waals surface area contributed by atoms with Crippen molar-refractivity contribution < 1.29 is 34.7 Å². The molecule has 3 heterocycles. The first-order valence-corrected chi connectivity index (χ1v) is 17.3. The molecule has 12 nitrogen and oxygen atoms in total. The second kappa shape index (κ2) is 12.4. The van der Waals surface area contributed by atoms with Crippen molar-refractivity contribution in [1.29, 1.82) is 0 Å². The number of halogens is 4. The lowest BCUT2D eigenvalue weighted by molar-refractivity contribution is -0.274. The maximum atomic E-state index is 12.5. The van der Waals surface area contributed by atoms with Crippen LogP contribution in [0.5, 0.6) is 5.75 Å². The van der Waals surface area contributed by atoms with E-state index in [0.717, 1.165) is 34.5 Å². The van der Waals surface area contributed by atoms with Gasteiger partial charge in [0.2, 0.25) is 20.0 Å². The van der Waals surface area contributed by atoms with Gasteiger partial charge in [0, 0.05) is 59.8 Å². The van der Waals surface area contributed by atoms with Gasteiger partial charge in [-0.2, -0.15) is 14.5 Å². The van der Waals surface area contributed by atoms with Crippen molar-refractivity contribution in [2.45, 2.75) is 6.36 Å². The molecule has 0 aliphatic carbocycles. The van der Waals surface area contributed by atoms with Crippen LogP contribution in [0.1, 0.15) is 0 Å². The summed E-state index contributed by atoms with van der Waals surface area (Å²) in [5.41, 5.74) is 4.19. The zero-order valence-electron chi connectivity index (χ0n) is 23.8. The molecule has 0 radical (unpaired) electrons. The van der Waals surface area contributed by atoms with Gasteiger partial charge in [0.25, 0.3) is 0 Å². The smallest absolute Gasteiger partial charge is 0.406 e. The van der Waals surface area contributed by atoms with E-state index in [1.54, 1.807) is 18.3 Å². The molecule has 3 aromatic carbocycles. The highest BCUT2D eigenvalue weighted by atomic mass is 35.5. The number of nitrogens with zero attached hydrogens (tertiary/aromatic N) is 4. The summed E-state index contributed by atoms with van der Waals surface area (Å²) >= 11 is 6.11. The van der Waals surface area contributed by atoms with Crippen LogP contribution in [0.4, 0.5) is 24.5 Å². The van der Waals surface area contributed by atoms with E-state index in [-0.39, 0.29) is 18.8 Å². The number of aromatic amines is 2. The van der Waals surface area contributed by atoms with Gasteiger partial charge < -0.3 is 9.64 Å². The van der Waals surface area contributed by atoms with Gasteiger partial charge in [0.05, 0.1) is 41.6 Å². The van der Waals surface area contributed by atoms with Gasteiger partial charge >= 0.3 is 6.36 Å². The average Bonchev–Trinajstić information content (AvgIpc) is 3.60. The van der Waals surface area contributed by atoms with Crippen LogP contribution in [-0.2, 0) is 20.0 Å². The zero-order chi connectivity index (χ0) is 32.6. The second-order valence-corrected chi connectivity index (χ2v) is 14.4. The number of anilines is 2. The maximum absolute atomic E-state index is 12.5. The minimum Gasteiger partial charge on any atom is -0.406 e. The summed E-state index contributed by atoms with van der Waals surface area (Å²) in [6.45, 7) is 1.26. The number of alkyl halides is 3. The normalized spacial score (nSPS) is 14.8. The van der Waals surface area contributed by atoms with Gasteiger partial charge in [-0.05, 0) is 35.4 Å². The van der Waals surface area contributed by atoms with Crippen molar-refractivity contribution in [2.75, 3.05) is 48.3 Å². The van der Waals surface area contributed by atoms with Gasteiger partial charge in [-0.1, -0.05) is 23.7 Å². The number of ether oxygens (including phenoxy) is 1. The Kier molecular flexibility index (Phi) is 8.90. The Bertz CT molecular complexity index is 2040. The van der Waals surface area contributed by atoms with Crippen LogP contribution in [0, 0.1) is 0 Å². The van der Waals surface area contributed by atoms with E-state index in [4.69, 9.17) is 11.6 Å². The number of H-pyrrole nitrogens is 2. The van der Waals surface area contributed by atoms with Crippen molar-refractivity contribution in [2.24, 2.45) is 0 Å². The number of hydrogen-bond donors (Lipinski definition) is 3. The molecule has 0 saturated carbocycles. The molecule has 45 heavy (non-hydrogen) atoms. The fourth-order valence-electron chi connectivity index (χ4n) is 4.91. The Morgan fingerprint density at radius 3 is 2.04 bits per heavy atom. The van der Waals surface area contributed by atoms with Crippen molar-refractivity contribution in [3.63, 3.8) is 0 Å². The van der Waals surface area contributed by atoms with Crippen LogP contribution < -0.4 is 14.4 Å². The van der Waals surface area contributed by atoms with E-state index in [0.29, 0.717) is 40.4 Å². The van der Waals surface area contributed by atoms with Crippen LogP contribution in [0.25, 0.3) is 32.9 Å². The second-order valence-electron chi connectivity index (χ2n) is 10.2. The number of aromatic nitrogens is 4. The summed E-state index contributed by atoms with van der Waals surface area (Å²) in [5, 5.41) is 15.6. The number of nitrogens with one attached hydrogen (secondary N) is 3. The van der Waals surface area contributed by atoms with Crippen molar-refractivity contribution in [3.8, 4) is 16.9 Å². The Morgan fingerprint density at radius 1 is 0.867 bits per heavy atom. The predicted molar refractivity (Wildman–Crippen MR) is 166 cm³/mol. The Balaban J connectivity index is 0.000000179. The third kappa shape index (κ3) is 8.16. The summed E-state index contributed by atoms with van der Waals surface area (Å²) in [6, 6.07) is 13.3. The molecule has 0 unspecified atom stereocenters. The first-order valence-electron chi connectivity index (χ1n) is 13.2. The lowest BCUT2D eigenvalue weighted by Crippen LogP contribution is -2.48. The van der Waals surface area contributed by atoms with Crippen LogP contribution in [0.15, 0.2) is 60.9 Å². The quantitative estimate of drug-likeness (QED) is 0.231.